The number of anilines is 2. The molecule has 0 amide bonds. The molecule has 0 aliphatic carbocycles. The van der Waals surface area contributed by atoms with Crippen LogP contribution in [0.25, 0.3) is 11.3 Å². The van der Waals surface area contributed by atoms with Gasteiger partial charge in [-0.2, -0.15) is 13.2 Å². The standard InChI is InChI=1S/C20H16F3N5/c1-12-16(8-6-13-7-9-17(25-2)26-11-13)18(28-19(24)27-12)14-4-3-5-15(10-14)20(21,22)23/h3-5,7,9-11H,1-2H3,(H,25,26)(H2,24,27,28). The van der Waals surface area contributed by atoms with Gasteiger partial charge in [0.25, 0.3) is 0 Å². The zero-order valence-corrected chi connectivity index (χ0v) is 15.1. The molecule has 8 heteroatoms. The summed E-state index contributed by atoms with van der Waals surface area (Å²) in [5.74, 6) is 6.56. The fourth-order valence-corrected chi connectivity index (χ4v) is 2.55. The zero-order valence-electron chi connectivity index (χ0n) is 15.1. The number of alkyl halides is 3. The van der Waals surface area contributed by atoms with Crippen LogP contribution in [0.5, 0.6) is 0 Å². The number of nitrogen functional groups attached to an aromatic ring is 1. The third kappa shape index (κ3) is 4.20. The number of benzene rings is 1. The average molecular weight is 383 g/mol. The molecule has 3 aromatic rings. The molecule has 0 saturated heterocycles. The molecule has 0 spiro atoms. The second kappa shape index (κ2) is 7.56. The van der Waals surface area contributed by atoms with Crippen LogP contribution in [0, 0.1) is 18.8 Å². The number of nitrogens with two attached hydrogens (primary N) is 1. The number of nitrogens with zero attached hydrogens (tertiary/aromatic N) is 3. The normalized spacial score (nSPS) is 10.9. The minimum atomic E-state index is -4.46. The summed E-state index contributed by atoms with van der Waals surface area (Å²) in [6.07, 6.45) is -2.87. The number of pyridine rings is 1. The van der Waals surface area contributed by atoms with Gasteiger partial charge in [0.1, 0.15) is 5.82 Å². The first-order valence-corrected chi connectivity index (χ1v) is 8.25. The lowest BCUT2D eigenvalue weighted by Gasteiger charge is -2.11. The summed E-state index contributed by atoms with van der Waals surface area (Å²) in [5, 5.41) is 2.91. The zero-order chi connectivity index (χ0) is 20.3. The van der Waals surface area contributed by atoms with Crippen molar-refractivity contribution in [2.45, 2.75) is 13.1 Å². The minimum absolute atomic E-state index is 0.0319. The first-order chi connectivity index (χ1) is 13.3. The predicted octanol–water partition coefficient (Wildman–Crippen LogP) is 3.89. The van der Waals surface area contributed by atoms with Crippen molar-refractivity contribution in [2.75, 3.05) is 18.1 Å². The molecule has 0 aliphatic heterocycles. The Balaban J connectivity index is 2.10. The van der Waals surface area contributed by atoms with Gasteiger partial charge in [0.15, 0.2) is 0 Å². The van der Waals surface area contributed by atoms with E-state index in [-0.39, 0.29) is 17.2 Å². The molecule has 0 unspecified atom stereocenters. The van der Waals surface area contributed by atoms with E-state index in [2.05, 4.69) is 32.1 Å². The number of aromatic nitrogens is 3. The van der Waals surface area contributed by atoms with E-state index < -0.39 is 11.7 Å². The van der Waals surface area contributed by atoms with Crippen LogP contribution in [-0.4, -0.2) is 22.0 Å². The van der Waals surface area contributed by atoms with E-state index in [1.54, 1.807) is 32.3 Å². The molecule has 3 rings (SSSR count). The highest BCUT2D eigenvalue weighted by molar-refractivity contribution is 5.70. The number of rotatable bonds is 2. The highest BCUT2D eigenvalue weighted by Crippen LogP contribution is 2.33. The molecule has 142 valence electrons. The van der Waals surface area contributed by atoms with Gasteiger partial charge in [-0.1, -0.05) is 24.0 Å². The van der Waals surface area contributed by atoms with Crippen molar-refractivity contribution >= 4 is 11.8 Å². The lowest BCUT2D eigenvalue weighted by Crippen LogP contribution is -2.06. The van der Waals surface area contributed by atoms with Gasteiger partial charge in [-0.3, -0.25) is 0 Å². The fourth-order valence-electron chi connectivity index (χ4n) is 2.55. The van der Waals surface area contributed by atoms with E-state index in [9.17, 15) is 13.2 Å². The van der Waals surface area contributed by atoms with E-state index in [0.29, 0.717) is 22.6 Å². The SMILES string of the molecule is CNc1ccc(C#Cc2c(C)nc(N)nc2-c2cccc(C(F)(F)F)c2)cn1. The number of hydrogen-bond donors (Lipinski definition) is 2. The van der Waals surface area contributed by atoms with Crippen LogP contribution < -0.4 is 11.1 Å². The summed E-state index contributed by atoms with van der Waals surface area (Å²) in [4.78, 5) is 12.4. The van der Waals surface area contributed by atoms with Crippen LogP contribution in [0.3, 0.4) is 0 Å². The molecule has 2 heterocycles. The summed E-state index contributed by atoms with van der Waals surface area (Å²) in [6.45, 7) is 1.68. The van der Waals surface area contributed by atoms with Gasteiger partial charge in [-0.25, -0.2) is 15.0 Å². The Morgan fingerprint density at radius 1 is 1.07 bits per heavy atom. The average Bonchev–Trinajstić information content (AvgIpc) is 2.66. The lowest BCUT2D eigenvalue weighted by molar-refractivity contribution is -0.137. The maximum Gasteiger partial charge on any atom is 0.416 e. The smallest absolute Gasteiger partial charge is 0.373 e. The summed E-state index contributed by atoms with van der Waals surface area (Å²) >= 11 is 0. The van der Waals surface area contributed by atoms with Crippen LogP contribution in [0.1, 0.15) is 22.4 Å². The van der Waals surface area contributed by atoms with Crippen molar-refractivity contribution in [3.63, 3.8) is 0 Å². The summed E-state index contributed by atoms with van der Waals surface area (Å²) < 4.78 is 39.2. The topological polar surface area (TPSA) is 76.7 Å². The monoisotopic (exact) mass is 383 g/mol. The Hall–Kier alpha value is -3.60. The number of nitrogens with one attached hydrogen (secondary N) is 1. The molecule has 0 saturated carbocycles. The molecule has 0 bridgehead atoms. The van der Waals surface area contributed by atoms with E-state index in [4.69, 9.17) is 5.73 Å². The van der Waals surface area contributed by atoms with Crippen LogP contribution in [-0.2, 0) is 6.18 Å². The van der Waals surface area contributed by atoms with E-state index >= 15 is 0 Å². The highest BCUT2D eigenvalue weighted by atomic mass is 19.4. The Morgan fingerprint density at radius 3 is 2.50 bits per heavy atom. The first-order valence-electron chi connectivity index (χ1n) is 8.25. The molecule has 3 N–H and O–H groups in total. The molecule has 0 atom stereocenters. The Morgan fingerprint density at radius 2 is 1.86 bits per heavy atom. The minimum Gasteiger partial charge on any atom is -0.373 e. The van der Waals surface area contributed by atoms with Crippen LogP contribution in [0.2, 0.25) is 0 Å². The quantitative estimate of drug-likeness (QED) is 0.657. The van der Waals surface area contributed by atoms with Crippen molar-refractivity contribution in [2.24, 2.45) is 0 Å². The molecule has 28 heavy (non-hydrogen) atoms. The summed E-state index contributed by atoms with van der Waals surface area (Å²) in [6, 6.07) is 8.43. The van der Waals surface area contributed by atoms with Gasteiger partial charge in [0, 0.05) is 24.4 Å². The molecule has 0 radical (unpaired) electrons. The van der Waals surface area contributed by atoms with Gasteiger partial charge in [-0.05, 0) is 31.2 Å². The molecule has 5 nitrogen and oxygen atoms in total. The molecule has 0 fully saturated rings. The van der Waals surface area contributed by atoms with E-state index in [0.717, 1.165) is 12.1 Å². The maximum absolute atomic E-state index is 13.1. The predicted molar refractivity (Wildman–Crippen MR) is 101 cm³/mol. The van der Waals surface area contributed by atoms with Crippen molar-refractivity contribution < 1.29 is 13.2 Å². The Labute approximate surface area is 159 Å². The number of aryl methyl sites for hydroxylation is 1. The Bertz CT molecular complexity index is 1060. The second-order valence-corrected chi connectivity index (χ2v) is 5.90. The summed E-state index contributed by atoms with van der Waals surface area (Å²) in [5.41, 5.74) is 6.99. The molecule has 0 aliphatic rings. The van der Waals surface area contributed by atoms with Crippen LogP contribution >= 0.6 is 0 Å². The molecule has 1 aromatic carbocycles. The second-order valence-electron chi connectivity index (χ2n) is 5.90. The van der Waals surface area contributed by atoms with E-state index in [1.807, 2.05) is 0 Å². The lowest BCUT2D eigenvalue weighted by atomic mass is 10.0. The van der Waals surface area contributed by atoms with Crippen LogP contribution in [0.15, 0.2) is 42.6 Å². The maximum atomic E-state index is 13.1. The third-order valence-corrected chi connectivity index (χ3v) is 3.92. The third-order valence-electron chi connectivity index (χ3n) is 3.92. The molecular weight excluding hydrogens is 367 g/mol. The van der Waals surface area contributed by atoms with Gasteiger partial charge in [0.2, 0.25) is 5.95 Å². The van der Waals surface area contributed by atoms with Gasteiger partial charge in [0.05, 0.1) is 22.5 Å². The van der Waals surface area contributed by atoms with Crippen LogP contribution in [0.4, 0.5) is 24.9 Å². The Kier molecular flexibility index (Phi) is 5.18. The van der Waals surface area contributed by atoms with Crippen molar-refractivity contribution in [1.29, 1.82) is 0 Å². The van der Waals surface area contributed by atoms with Crippen molar-refractivity contribution in [1.82, 2.24) is 15.0 Å². The van der Waals surface area contributed by atoms with Crippen molar-refractivity contribution in [3.8, 4) is 23.1 Å². The largest absolute Gasteiger partial charge is 0.416 e. The molecule has 2 aromatic heterocycles. The fraction of sp³-hybridized carbons (Fsp3) is 0.150. The highest BCUT2D eigenvalue weighted by Gasteiger charge is 2.30. The van der Waals surface area contributed by atoms with E-state index in [1.165, 1.54) is 12.1 Å². The summed E-state index contributed by atoms with van der Waals surface area (Å²) in [7, 11) is 1.75. The van der Waals surface area contributed by atoms with Gasteiger partial charge < -0.3 is 11.1 Å². The van der Waals surface area contributed by atoms with Gasteiger partial charge in [-0.15, -0.1) is 0 Å². The molecular formula is C20H16F3N5. The number of halogens is 3. The number of hydrogen-bond acceptors (Lipinski definition) is 5. The van der Waals surface area contributed by atoms with Gasteiger partial charge >= 0.3 is 6.18 Å². The first kappa shape index (κ1) is 19.2. The van der Waals surface area contributed by atoms with Crippen molar-refractivity contribution in [3.05, 3.63) is 65.0 Å².